The summed E-state index contributed by atoms with van der Waals surface area (Å²) < 4.78 is 11.5. The van der Waals surface area contributed by atoms with Gasteiger partial charge >= 0.3 is 0 Å². The molecule has 1 saturated heterocycles. The lowest BCUT2D eigenvalue weighted by atomic mass is 10.0. The Morgan fingerprint density at radius 2 is 2.00 bits per heavy atom. The molecule has 1 aliphatic rings. The van der Waals surface area contributed by atoms with Crippen molar-refractivity contribution in [2.45, 2.75) is 38.7 Å². The standard InChI is InChI=1S/C24H26N2O4/c1-15(2)16-5-8-18(9-6-16)26-24-21(23(28)25-14-20-4-3-11-29-20)12-17-7-10-19(27)13-22(17)30-24/h5-10,12-13,15,20,27H,3-4,11,14H2,1-2H3,(H,25,28)/t20-/m1/s1. The second kappa shape index (κ2) is 8.71. The van der Waals surface area contributed by atoms with Gasteiger partial charge in [0.15, 0.2) is 0 Å². The Bertz CT molecular complexity index is 1110. The van der Waals surface area contributed by atoms with Gasteiger partial charge in [-0.1, -0.05) is 26.0 Å². The van der Waals surface area contributed by atoms with Crippen LogP contribution in [-0.4, -0.2) is 30.3 Å². The van der Waals surface area contributed by atoms with Gasteiger partial charge in [0.05, 0.1) is 11.8 Å². The van der Waals surface area contributed by atoms with Crippen molar-refractivity contribution in [3.05, 3.63) is 65.2 Å². The van der Waals surface area contributed by atoms with Crippen LogP contribution < -0.4 is 10.9 Å². The highest BCUT2D eigenvalue weighted by atomic mass is 16.5. The average Bonchev–Trinajstić information content (AvgIpc) is 3.25. The molecule has 156 valence electrons. The maximum atomic E-state index is 12.9. The van der Waals surface area contributed by atoms with Gasteiger partial charge in [-0.15, -0.1) is 0 Å². The third kappa shape index (κ3) is 4.54. The van der Waals surface area contributed by atoms with Crippen LogP contribution in [0.3, 0.4) is 0 Å². The molecular formula is C24H26N2O4. The summed E-state index contributed by atoms with van der Waals surface area (Å²) in [5, 5.41) is 13.4. The summed E-state index contributed by atoms with van der Waals surface area (Å²) in [6.07, 6.45) is 2.01. The minimum Gasteiger partial charge on any atom is -0.508 e. The molecule has 30 heavy (non-hydrogen) atoms. The first-order valence-electron chi connectivity index (χ1n) is 10.3. The fourth-order valence-electron chi connectivity index (χ4n) is 3.51. The van der Waals surface area contributed by atoms with Crippen LogP contribution >= 0.6 is 0 Å². The van der Waals surface area contributed by atoms with Gasteiger partial charge in [-0.25, -0.2) is 4.99 Å². The summed E-state index contributed by atoms with van der Waals surface area (Å²) in [6, 6.07) is 14.4. The van der Waals surface area contributed by atoms with E-state index in [9.17, 15) is 9.90 Å². The first-order valence-corrected chi connectivity index (χ1v) is 10.3. The normalized spacial score (nSPS) is 17.0. The molecule has 0 radical (unpaired) electrons. The minimum atomic E-state index is -0.262. The van der Waals surface area contributed by atoms with E-state index in [1.54, 1.807) is 18.2 Å². The van der Waals surface area contributed by atoms with E-state index in [4.69, 9.17) is 9.15 Å². The Labute approximate surface area is 175 Å². The quantitative estimate of drug-likeness (QED) is 0.658. The SMILES string of the molecule is CC(C)c1ccc(N=c2oc3cc(O)ccc3cc2C(=O)NC[C@H]2CCCO2)cc1. The smallest absolute Gasteiger partial charge is 0.256 e. The van der Waals surface area contributed by atoms with Gasteiger partial charge in [0.2, 0.25) is 5.55 Å². The summed E-state index contributed by atoms with van der Waals surface area (Å²) in [4.78, 5) is 17.5. The van der Waals surface area contributed by atoms with Crippen LogP contribution in [0.25, 0.3) is 11.0 Å². The zero-order valence-corrected chi connectivity index (χ0v) is 17.2. The average molecular weight is 406 g/mol. The van der Waals surface area contributed by atoms with E-state index in [2.05, 4.69) is 24.2 Å². The van der Waals surface area contributed by atoms with Crippen LogP contribution in [0.4, 0.5) is 5.69 Å². The Hall–Kier alpha value is -3.12. The van der Waals surface area contributed by atoms with E-state index in [-0.39, 0.29) is 23.3 Å². The lowest BCUT2D eigenvalue weighted by molar-refractivity contribution is 0.0854. The number of rotatable bonds is 5. The number of carbonyl (C=O) groups excluding carboxylic acids is 1. The molecule has 1 aliphatic heterocycles. The second-order valence-electron chi connectivity index (χ2n) is 7.89. The number of amides is 1. The lowest BCUT2D eigenvalue weighted by Crippen LogP contribution is -2.34. The molecule has 1 atom stereocenters. The summed E-state index contributed by atoms with van der Waals surface area (Å²) in [5.74, 6) is 0.252. The molecule has 0 saturated carbocycles. The molecule has 0 bridgehead atoms. The first kappa shape index (κ1) is 20.2. The third-order valence-corrected chi connectivity index (χ3v) is 5.28. The van der Waals surface area contributed by atoms with E-state index < -0.39 is 0 Å². The molecule has 4 rings (SSSR count). The molecule has 2 N–H and O–H groups in total. The number of carbonyl (C=O) groups is 1. The van der Waals surface area contributed by atoms with Crippen LogP contribution in [-0.2, 0) is 4.74 Å². The number of nitrogens with one attached hydrogen (secondary N) is 1. The topological polar surface area (TPSA) is 84.1 Å². The summed E-state index contributed by atoms with van der Waals surface area (Å²) >= 11 is 0. The maximum absolute atomic E-state index is 12.9. The van der Waals surface area contributed by atoms with Gasteiger partial charge in [0, 0.05) is 24.6 Å². The summed E-state index contributed by atoms with van der Waals surface area (Å²) in [5.41, 5.74) is 2.91. The van der Waals surface area contributed by atoms with E-state index in [1.165, 1.54) is 11.6 Å². The molecule has 1 fully saturated rings. The number of fused-ring (bicyclic) bond motifs is 1. The van der Waals surface area contributed by atoms with Gasteiger partial charge in [-0.3, -0.25) is 4.79 Å². The van der Waals surface area contributed by atoms with Crippen LogP contribution in [0.1, 0.15) is 48.5 Å². The molecule has 0 spiro atoms. The van der Waals surface area contributed by atoms with E-state index in [1.807, 2.05) is 24.3 Å². The molecule has 0 aliphatic carbocycles. The van der Waals surface area contributed by atoms with Crippen molar-refractivity contribution in [3.63, 3.8) is 0 Å². The molecule has 6 nitrogen and oxygen atoms in total. The van der Waals surface area contributed by atoms with Crippen molar-refractivity contribution in [2.24, 2.45) is 4.99 Å². The van der Waals surface area contributed by atoms with Crippen molar-refractivity contribution in [2.75, 3.05) is 13.2 Å². The van der Waals surface area contributed by atoms with Crippen molar-refractivity contribution >= 4 is 22.6 Å². The van der Waals surface area contributed by atoms with E-state index in [0.717, 1.165) is 19.4 Å². The Balaban J connectivity index is 1.72. The number of phenols is 1. The van der Waals surface area contributed by atoms with Crippen LogP contribution in [0.5, 0.6) is 5.75 Å². The zero-order chi connectivity index (χ0) is 21.1. The van der Waals surface area contributed by atoms with Gasteiger partial charge in [0.25, 0.3) is 5.91 Å². The van der Waals surface area contributed by atoms with Crippen LogP contribution in [0.15, 0.2) is 57.9 Å². The molecule has 1 aromatic heterocycles. The monoisotopic (exact) mass is 406 g/mol. The number of phenolic OH excluding ortho intramolecular Hbond substituents is 1. The molecule has 2 heterocycles. The predicted octanol–water partition coefficient (Wildman–Crippen LogP) is 4.40. The Morgan fingerprint density at radius 1 is 1.20 bits per heavy atom. The number of benzene rings is 2. The second-order valence-corrected chi connectivity index (χ2v) is 7.89. The number of hydrogen-bond donors (Lipinski definition) is 2. The van der Waals surface area contributed by atoms with Gasteiger partial charge in [0.1, 0.15) is 16.9 Å². The van der Waals surface area contributed by atoms with Crippen molar-refractivity contribution < 1.29 is 19.1 Å². The Morgan fingerprint density at radius 3 is 2.70 bits per heavy atom. The Kier molecular flexibility index (Phi) is 5.86. The highest BCUT2D eigenvalue weighted by molar-refractivity contribution is 5.96. The molecule has 0 unspecified atom stereocenters. The van der Waals surface area contributed by atoms with Crippen molar-refractivity contribution in [1.82, 2.24) is 5.32 Å². The van der Waals surface area contributed by atoms with E-state index in [0.29, 0.717) is 34.7 Å². The molecule has 3 aromatic rings. The van der Waals surface area contributed by atoms with Crippen molar-refractivity contribution in [3.8, 4) is 5.75 Å². The van der Waals surface area contributed by atoms with Gasteiger partial charge in [-0.05, 0) is 54.7 Å². The highest BCUT2D eigenvalue weighted by Gasteiger charge is 2.18. The fraction of sp³-hybridized carbons (Fsp3) is 0.333. The maximum Gasteiger partial charge on any atom is 0.256 e. The highest BCUT2D eigenvalue weighted by Crippen LogP contribution is 2.21. The third-order valence-electron chi connectivity index (χ3n) is 5.28. The first-order chi connectivity index (χ1) is 14.5. The minimum absolute atomic E-state index is 0.0484. The van der Waals surface area contributed by atoms with E-state index >= 15 is 0 Å². The largest absolute Gasteiger partial charge is 0.508 e. The predicted molar refractivity (Wildman–Crippen MR) is 115 cm³/mol. The van der Waals surface area contributed by atoms with Crippen molar-refractivity contribution in [1.29, 1.82) is 0 Å². The van der Waals surface area contributed by atoms with Gasteiger partial charge in [-0.2, -0.15) is 0 Å². The number of hydrogen-bond acceptors (Lipinski definition) is 5. The lowest BCUT2D eigenvalue weighted by Gasteiger charge is -2.11. The number of ether oxygens (including phenoxy) is 1. The zero-order valence-electron chi connectivity index (χ0n) is 17.2. The molecule has 2 aromatic carbocycles. The number of aromatic hydroxyl groups is 1. The van der Waals surface area contributed by atoms with Gasteiger partial charge < -0.3 is 19.6 Å². The summed E-state index contributed by atoms with van der Waals surface area (Å²) in [7, 11) is 0. The van der Waals surface area contributed by atoms with Crippen LogP contribution in [0, 0.1) is 0 Å². The molecular weight excluding hydrogens is 380 g/mol. The fourth-order valence-corrected chi connectivity index (χ4v) is 3.51. The molecule has 1 amide bonds. The number of nitrogens with zero attached hydrogens (tertiary/aromatic N) is 1. The van der Waals surface area contributed by atoms with Crippen LogP contribution in [0.2, 0.25) is 0 Å². The summed E-state index contributed by atoms with van der Waals surface area (Å²) in [6.45, 7) is 5.46. The molecule has 6 heteroatoms.